The first-order valence-electron chi connectivity index (χ1n) is 9.68. The number of nitrogens with one attached hydrogen (secondary N) is 1. The maximum Gasteiger partial charge on any atom is 0.325 e. The first-order chi connectivity index (χ1) is 14.0. The van der Waals surface area contributed by atoms with Gasteiger partial charge in [-0.05, 0) is 41.8 Å². The molecule has 1 saturated heterocycles. The quantitative estimate of drug-likeness (QED) is 0.723. The lowest BCUT2D eigenvalue weighted by Crippen LogP contribution is -2.37. The molecule has 0 radical (unpaired) electrons. The number of hydrogen-bond donors (Lipinski definition) is 1. The highest BCUT2D eigenvalue weighted by atomic mass is 16.2. The molecule has 7 nitrogen and oxygen atoms in total. The molecule has 0 atom stereocenters. The lowest BCUT2D eigenvalue weighted by atomic mass is 10.0. The Labute approximate surface area is 169 Å². The lowest BCUT2D eigenvalue weighted by Gasteiger charge is -2.19. The summed E-state index contributed by atoms with van der Waals surface area (Å²) in [6, 6.07) is 13.2. The van der Waals surface area contributed by atoms with Crippen molar-refractivity contribution in [3.8, 4) is 0 Å². The van der Waals surface area contributed by atoms with Gasteiger partial charge in [0.15, 0.2) is 0 Å². The lowest BCUT2D eigenvalue weighted by molar-refractivity contribution is -0.116. The van der Waals surface area contributed by atoms with Crippen molar-refractivity contribution in [1.82, 2.24) is 14.9 Å². The predicted molar refractivity (Wildman–Crippen MR) is 113 cm³/mol. The number of nitrogens with zero attached hydrogens (tertiary/aromatic N) is 4. The molecular formula is C22H23N5O2. The topological polar surface area (TPSA) is 78.4 Å². The Balaban J connectivity index is 1.39. The minimum atomic E-state index is -0.237. The molecule has 3 aromatic rings. The van der Waals surface area contributed by atoms with Gasteiger partial charge in [0, 0.05) is 36.9 Å². The Bertz CT molecular complexity index is 1050. The van der Waals surface area contributed by atoms with Crippen LogP contribution in [-0.2, 0) is 4.79 Å². The van der Waals surface area contributed by atoms with Crippen molar-refractivity contribution in [2.75, 3.05) is 29.9 Å². The molecule has 0 bridgehead atoms. The Morgan fingerprint density at radius 3 is 2.48 bits per heavy atom. The van der Waals surface area contributed by atoms with Crippen molar-refractivity contribution in [3.05, 3.63) is 60.4 Å². The van der Waals surface area contributed by atoms with Gasteiger partial charge in [-0.3, -0.25) is 19.7 Å². The van der Waals surface area contributed by atoms with Gasteiger partial charge in [0.2, 0.25) is 5.91 Å². The molecule has 1 aliphatic rings. The van der Waals surface area contributed by atoms with Crippen LogP contribution in [0.4, 0.5) is 16.2 Å². The van der Waals surface area contributed by atoms with Crippen molar-refractivity contribution in [3.63, 3.8) is 0 Å². The van der Waals surface area contributed by atoms with E-state index in [0.717, 1.165) is 11.2 Å². The van der Waals surface area contributed by atoms with Crippen LogP contribution in [-0.4, -0.2) is 46.4 Å². The van der Waals surface area contributed by atoms with Crippen LogP contribution in [0.2, 0.25) is 0 Å². The fourth-order valence-electron chi connectivity index (χ4n) is 3.42. The number of carbonyl (C=O) groups is 2. The normalized spacial score (nSPS) is 14.1. The number of carbonyl (C=O) groups excluding carboxylic acids is 2. The highest BCUT2D eigenvalue weighted by Crippen LogP contribution is 2.23. The number of amides is 3. The maximum absolute atomic E-state index is 12.7. The van der Waals surface area contributed by atoms with Gasteiger partial charge in [-0.2, -0.15) is 0 Å². The molecule has 0 unspecified atom stereocenters. The third-order valence-electron chi connectivity index (χ3n) is 5.05. The smallest absolute Gasteiger partial charge is 0.324 e. The van der Waals surface area contributed by atoms with Crippen molar-refractivity contribution < 1.29 is 9.59 Å². The molecule has 0 saturated carbocycles. The monoisotopic (exact) mass is 389 g/mol. The minimum Gasteiger partial charge on any atom is -0.324 e. The molecular weight excluding hydrogens is 366 g/mol. The molecule has 2 heterocycles. The molecule has 1 N–H and O–H groups in total. The van der Waals surface area contributed by atoms with Crippen molar-refractivity contribution in [2.45, 2.75) is 19.8 Å². The summed E-state index contributed by atoms with van der Waals surface area (Å²) in [5.74, 6) is 0.207. The van der Waals surface area contributed by atoms with Gasteiger partial charge in [-0.15, -0.1) is 0 Å². The zero-order chi connectivity index (χ0) is 20.4. The molecule has 0 aliphatic carbocycles. The Morgan fingerprint density at radius 1 is 1.03 bits per heavy atom. The molecule has 7 heteroatoms. The van der Waals surface area contributed by atoms with Crippen LogP contribution in [0.3, 0.4) is 0 Å². The van der Waals surface area contributed by atoms with Gasteiger partial charge in [-0.1, -0.05) is 26.0 Å². The SMILES string of the molecule is CC(C)c1ccc(N2CCN(CC(=O)Nc3ccc4nccnc4c3)C2=O)cc1. The van der Waals surface area contributed by atoms with E-state index in [0.29, 0.717) is 30.2 Å². The van der Waals surface area contributed by atoms with E-state index >= 15 is 0 Å². The van der Waals surface area contributed by atoms with Gasteiger partial charge in [0.05, 0.1) is 11.0 Å². The molecule has 29 heavy (non-hydrogen) atoms. The third-order valence-corrected chi connectivity index (χ3v) is 5.05. The zero-order valence-corrected chi connectivity index (χ0v) is 16.5. The van der Waals surface area contributed by atoms with E-state index in [1.165, 1.54) is 5.56 Å². The van der Waals surface area contributed by atoms with Crippen molar-refractivity contribution in [1.29, 1.82) is 0 Å². The Morgan fingerprint density at radius 2 is 1.76 bits per heavy atom. The van der Waals surface area contributed by atoms with Crippen LogP contribution < -0.4 is 10.2 Å². The number of anilines is 2. The largest absolute Gasteiger partial charge is 0.325 e. The third kappa shape index (κ3) is 4.03. The van der Waals surface area contributed by atoms with Crippen LogP contribution in [0.25, 0.3) is 11.0 Å². The van der Waals surface area contributed by atoms with Gasteiger partial charge in [0.25, 0.3) is 0 Å². The van der Waals surface area contributed by atoms with Gasteiger partial charge in [-0.25, -0.2) is 4.79 Å². The number of aromatic nitrogens is 2. The van der Waals surface area contributed by atoms with Crippen LogP contribution in [0.1, 0.15) is 25.3 Å². The number of fused-ring (bicyclic) bond motifs is 1. The number of rotatable bonds is 5. The van der Waals surface area contributed by atoms with Gasteiger partial charge < -0.3 is 10.2 Å². The summed E-state index contributed by atoms with van der Waals surface area (Å²) >= 11 is 0. The summed E-state index contributed by atoms with van der Waals surface area (Å²) in [6.45, 7) is 5.37. The summed E-state index contributed by atoms with van der Waals surface area (Å²) in [6.07, 6.45) is 3.24. The number of urea groups is 1. The summed E-state index contributed by atoms with van der Waals surface area (Å²) in [5.41, 5.74) is 4.20. The summed E-state index contributed by atoms with van der Waals surface area (Å²) in [5, 5.41) is 2.84. The molecule has 1 aromatic heterocycles. The van der Waals surface area contributed by atoms with Gasteiger partial charge in [0.1, 0.15) is 6.54 Å². The van der Waals surface area contributed by atoms with E-state index in [2.05, 4.69) is 29.1 Å². The average Bonchev–Trinajstić information content (AvgIpc) is 3.08. The van der Waals surface area contributed by atoms with E-state index in [1.54, 1.807) is 34.3 Å². The summed E-state index contributed by atoms with van der Waals surface area (Å²) < 4.78 is 0. The van der Waals surface area contributed by atoms with Crippen molar-refractivity contribution >= 4 is 34.3 Å². The van der Waals surface area contributed by atoms with E-state index in [-0.39, 0.29) is 18.5 Å². The van der Waals surface area contributed by atoms with Crippen LogP contribution in [0.15, 0.2) is 54.9 Å². The fourth-order valence-corrected chi connectivity index (χ4v) is 3.42. The second-order valence-corrected chi connectivity index (χ2v) is 7.41. The van der Waals surface area contributed by atoms with E-state index < -0.39 is 0 Å². The Kier molecular flexibility index (Phi) is 5.12. The molecule has 0 spiro atoms. The first kappa shape index (κ1) is 18.9. The zero-order valence-electron chi connectivity index (χ0n) is 16.5. The highest BCUT2D eigenvalue weighted by molar-refractivity contribution is 6.00. The van der Waals surface area contributed by atoms with E-state index in [1.807, 2.05) is 30.3 Å². The number of hydrogen-bond acceptors (Lipinski definition) is 4. The Hall–Kier alpha value is -3.48. The highest BCUT2D eigenvalue weighted by Gasteiger charge is 2.30. The minimum absolute atomic E-state index is 0.0118. The second kappa shape index (κ2) is 7.87. The molecule has 2 aromatic carbocycles. The molecule has 4 rings (SSSR count). The van der Waals surface area contributed by atoms with E-state index in [9.17, 15) is 9.59 Å². The summed E-state index contributed by atoms with van der Waals surface area (Å²) in [7, 11) is 0. The van der Waals surface area contributed by atoms with Crippen LogP contribution in [0.5, 0.6) is 0 Å². The summed E-state index contributed by atoms with van der Waals surface area (Å²) in [4.78, 5) is 36.9. The first-order valence-corrected chi connectivity index (χ1v) is 9.68. The molecule has 1 aliphatic heterocycles. The van der Waals surface area contributed by atoms with Crippen LogP contribution >= 0.6 is 0 Å². The molecule has 148 valence electrons. The second-order valence-electron chi connectivity index (χ2n) is 7.41. The molecule has 3 amide bonds. The average molecular weight is 389 g/mol. The standard InChI is InChI=1S/C22H23N5O2/c1-15(2)16-3-6-18(7-4-16)27-12-11-26(22(27)29)14-21(28)25-17-5-8-19-20(13-17)24-10-9-23-19/h3-10,13,15H,11-12,14H2,1-2H3,(H,25,28). The fraction of sp³-hybridized carbons (Fsp3) is 0.273. The van der Waals surface area contributed by atoms with Gasteiger partial charge >= 0.3 is 6.03 Å². The van der Waals surface area contributed by atoms with E-state index in [4.69, 9.17) is 0 Å². The predicted octanol–water partition coefficient (Wildman–Crippen LogP) is 3.63. The van der Waals surface area contributed by atoms with Crippen molar-refractivity contribution in [2.24, 2.45) is 0 Å². The maximum atomic E-state index is 12.7. The number of benzene rings is 2. The van der Waals surface area contributed by atoms with Crippen LogP contribution in [0, 0.1) is 0 Å². The molecule has 1 fully saturated rings.